The molecule has 2 rings (SSSR count). The molecule has 0 spiro atoms. The molecule has 0 aliphatic heterocycles. The number of hydrogen-bond acceptors (Lipinski definition) is 0. The Morgan fingerprint density at radius 3 is 2.47 bits per heavy atom. The molecule has 0 atom stereocenters. The summed E-state index contributed by atoms with van der Waals surface area (Å²) in [5.74, 6) is 0. The second-order valence-corrected chi connectivity index (χ2v) is 4.71. The molecule has 2 aromatic rings. The number of hydrogen-bond donors (Lipinski definition) is 0. The van der Waals surface area contributed by atoms with Gasteiger partial charge in [-0.1, -0.05) is 29.8 Å². The lowest BCUT2D eigenvalue weighted by Gasteiger charge is -2.12. The van der Waals surface area contributed by atoms with Crippen molar-refractivity contribution in [2.24, 2.45) is 0 Å². The Balaban J connectivity index is 2.95. The van der Waals surface area contributed by atoms with Crippen molar-refractivity contribution >= 4 is 22.5 Å². The first-order valence-electron chi connectivity index (χ1n) is 5.29. The zero-order valence-electron chi connectivity index (χ0n) is 9.63. The summed E-state index contributed by atoms with van der Waals surface area (Å²) >= 11 is 6.37. The first-order valence-corrected chi connectivity index (χ1v) is 5.67. The molecule has 15 heavy (non-hydrogen) atoms. The number of rotatable bonds is 1. The standard InChI is InChI=1S/C13H16ClN/c1-8(2)15-12-9(3)6-5-7-11(12)10(4)13(15)14/h5-8H,1-4H3. The van der Waals surface area contributed by atoms with E-state index in [9.17, 15) is 0 Å². The van der Waals surface area contributed by atoms with Crippen LogP contribution in [-0.2, 0) is 0 Å². The lowest BCUT2D eigenvalue weighted by atomic mass is 10.1. The van der Waals surface area contributed by atoms with Crippen LogP contribution in [0, 0.1) is 13.8 Å². The maximum atomic E-state index is 6.37. The van der Waals surface area contributed by atoms with Gasteiger partial charge in [0.2, 0.25) is 0 Å². The van der Waals surface area contributed by atoms with Gasteiger partial charge in [0, 0.05) is 11.4 Å². The second kappa shape index (κ2) is 3.57. The highest BCUT2D eigenvalue weighted by molar-refractivity contribution is 6.32. The Kier molecular flexibility index (Phi) is 2.51. The molecule has 1 nitrogen and oxygen atoms in total. The van der Waals surface area contributed by atoms with Gasteiger partial charge in [0.05, 0.1) is 5.52 Å². The normalized spacial score (nSPS) is 11.6. The van der Waals surface area contributed by atoms with Crippen molar-refractivity contribution in [1.82, 2.24) is 4.57 Å². The van der Waals surface area contributed by atoms with Gasteiger partial charge in [-0.2, -0.15) is 0 Å². The minimum atomic E-state index is 0.398. The van der Waals surface area contributed by atoms with Crippen LogP contribution in [0.1, 0.15) is 31.0 Å². The van der Waals surface area contributed by atoms with E-state index in [0.29, 0.717) is 6.04 Å². The third-order valence-electron chi connectivity index (χ3n) is 2.92. The number of fused-ring (bicyclic) bond motifs is 1. The van der Waals surface area contributed by atoms with Crippen LogP contribution < -0.4 is 0 Å². The lowest BCUT2D eigenvalue weighted by Crippen LogP contribution is -2.01. The zero-order valence-corrected chi connectivity index (χ0v) is 10.4. The van der Waals surface area contributed by atoms with Crippen LogP contribution in [-0.4, -0.2) is 4.57 Å². The number of aromatic nitrogens is 1. The third kappa shape index (κ3) is 1.46. The molecule has 0 N–H and O–H groups in total. The molecule has 2 heteroatoms. The van der Waals surface area contributed by atoms with E-state index in [1.165, 1.54) is 22.0 Å². The van der Waals surface area contributed by atoms with Crippen molar-refractivity contribution in [3.05, 3.63) is 34.5 Å². The topological polar surface area (TPSA) is 4.93 Å². The molecule has 1 heterocycles. The molecule has 0 aliphatic carbocycles. The van der Waals surface area contributed by atoms with Crippen molar-refractivity contribution in [2.75, 3.05) is 0 Å². The van der Waals surface area contributed by atoms with Gasteiger partial charge in [0.1, 0.15) is 5.15 Å². The van der Waals surface area contributed by atoms with Crippen LogP contribution in [0.4, 0.5) is 0 Å². The van der Waals surface area contributed by atoms with E-state index in [4.69, 9.17) is 11.6 Å². The highest BCUT2D eigenvalue weighted by atomic mass is 35.5. The fourth-order valence-corrected chi connectivity index (χ4v) is 2.54. The Morgan fingerprint density at radius 1 is 1.20 bits per heavy atom. The van der Waals surface area contributed by atoms with Crippen LogP contribution in [0.25, 0.3) is 10.9 Å². The Labute approximate surface area is 95.7 Å². The molecule has 0 radical (unpaired) electrons. The minimum Gasteiger partial charge on any atom is -0.329 e. The average Bonchev–Trinajstić information content (AvgIpc) is 2.43. The van der Waals surface area contributed by atoms with Crippen LogP contribution in [0.3, 0.4) is 0 Å². The maximum Gasteiger partial charge on any atom is 0.113 e. The monoisotopic (exact) mass is 221 g/mol. The van der Waals surface area contributed by atoms with Gasteiger partial charge in [-0.05, 0) is 38.8 Å². The number of benzene rings is 1. The molecule has 0 saturated heterocycles. The van der Waals surface area contributed by atoms with Gasteiger partial charge in [-0.25, -0.2) is 0 Å². The van der Waals surface area contributed by atoms with Gasteiger partial charge in [0.15, 0.2) is 0 Å². The molecule has 1 aromatic carbocycles. The molecular formula is C13H16ClN. The number of para-hydroxylation sites is 1. The van der Waals surface area contributed by atoms with Gasteiger partial charge < -0.3 is 4.57 Å². The molecular weight excluding hydrogens is 206 g/mol. The fraction of sp³-hybridized carbons (Fsp3) is 0.385. The van der Waals surface area contributed by atoms with Gasteiger partial charge >= 0.3 is 0 Å². The number of aryl methyl sites for hydroxylation is 2. The number of halogens is 1. The van der Waals surface area contributed by atoms with Crippen molar-refractivity contribution in [3.8, 4) is 0 Å². The predicted octanol–water partition coefficient (Wildman–Crippen LogP) is 4.49. The molecule has 1 aromatic heterocycles. The summed E-state index contributed by atoms with van der Waals surface area (Å²) in [4.78, 5) is 0. The molecule has 0 saturated carbocycles. The van der Waals surface area contributed by atoms with E-state index in [0.717, 1.165) is 5.15 Å². The van der Waals surface area contributed by atoms with E-state index in [1.807, 2.05) is 0 Å². The predicted molar refractivity (Wildman–Crippen MR) is 66.8 cm³/mol. The van der Waals surface area contributed by atoms with E-state index in [2.05, 4.69) is 50.5 Å². The van der Waals surface area contributed by atoms with Gasteiger partial charge in [0.25, 0.3) is 0 Å². The van der Waals surface area contributed by atoms with Crippen molar-refractivity contribution < 1.29 is 0 Å². The summed E-state index contributed by atoms with van der Waals surface area (Å²) < 4.78 is 2.21. The summed E-state index contributed by atoms with van der Waals surface area (Å²) in [6, 6.07) is 6.76. The minimum absolute atomic E-state index is 0.398. The Morgan fingerprint density at radius 2 is 1.87 bits per heavy atom. The van der Waals surface area contributed by atoms with Crippen LogP contribution in [0.5, 0.6) is 0 Å². The SMILES string of the molecule is Cc1c(Cl)n(C(C)C)c2c(C)cccc12. The largest absolute Gasteiger partial charge is 0.329 e. The smallest absolute Gasteiger partial charge is 0.113 e. The van der Waals surface area contributed by atoms with Crippen molar-refractivity contribution in [1.29, 1.82) is 0 Å². The summed E-state index contributed by atoms with van der Waals surface area (Å²) in [5.41, 5.74) is 3.75. The van der Waals surface area contributed by atoms with E-state index >= 15 is 0 Å². The first-order chi connectivity index (χ1) is 7.04. The summed E-state index contributed by atoms with van der Waals surface area (Å²) in [5, 5.41) is 2.14. The Hall–Kier alpha value is -0.950. The summed E-state index contributed by atoms with van der Waals surface area (Å²) in [7, 11) is 0. The fourth-order valence-electron chi connectivity index (χ4n) is 2.16. The zero-order chi connectivity index (χ0) is 11.2. The number of nitrogens with zero attached hydrogens (tertiary/aromatic N) is 1. The van der Waals surface area contributed by atoms with Crippen LogP contribution >= 0.6 is 11.6 Å². The first kappa shape index (κ1) is 10.6. The molecule has 0 fully saturated rings. The molecule has 0 aliphatic rings. The third-order valence-corrected chi connectivity index (χ3v) is 3.39. The van der Waals surface area contributed by atoms with E-state index < -0.39 is 0 Å². The van der Waals surface area contributed by atoms with E-state index in [-0.39, 0.29) is 0 Å². The summed E-state index contributed by atoms with van der Waals surface area (Å²) in [6.07, 6.45) is 0. The molecule has 80 valence electrons. The summed E-state index contributed by atoms with van der Waals surface area (Å²) in [6.45, 7) is 8.55. The molecule has 0 unspecified atom stereocenters. The van der Waals surface area contributed by atoms with Gasteiger partial charge in [-0.3, -0.25) is 0 Å². The van der Waals surface area contributed by atoms with Crippen LogP contribution in [0.15, 0.2) is 18.2 Å². The highest BCUT2D eigenvalue weighted by Gasteiger charge is 2.15. The highest BCUT2D eigenvalue weighted by Crippen LogP contribution is 2.33. The van der Waals surface area contributed by atoms with Crippen molar-refractivity contribution in [2.45, 2.75) is 33.7 Å². The molecule has 0 bridgehead atoms. The van der Waals surface area contributed by atoms with E-state index in [1.54, 1.807) is 0 Å². The maximum absolute atomic E-state index is 6.37. The average molecular weight is 222 g/mol. The molecule has 0 amide bonds. The van der Waals surface area contributed by atoms with Crippen molar-refractivity contribution in [3.63, 3.8) is 0 Å². The lowest BCUT2D eigenvalue weighted by molar-refractivity contribution is 0.621. The Bertz CT molecular complexity index is 509. The van der Waals surface area contributed by atoms with Crippen LogP contribution in [0.2, 0.25) is 5.15 Å². The quantitative estimate of drug-likeness (QED) is 0.669. The van der Waals surface area contributed by atoms with Gasteiger partial charge in [-0.15, -0.1) is 0 Å². The second-order valence-electron chi connectivity index (χ2n) is 4.35.